The van der Waals surface area contributed by atoms with Crippen LogP contribution < -0.4 is 10.6 Å². The van der Waals surface area contributed by atoms with Crippen LogP contribution in [0.15, 0.2) is 30.5 Å². The van der Waals surface area contributed by atoms with Crippen LogP contribution in [0, 0.1) is 0 Å². The van der Waals surface area contributed by atoms with E-state index >= 15 is 0 Å². The van der Waals surface area contributed by atoms with Crippen molar-refractivity contribution in [3.8, 4) is 0 Å². The number of aromatic amines is 1. The van der Waals surface area contributed by atoms with Crippen molar-refractivity contribution >= 4 is 22.7 Å². The summed E-state index contributed by atoms with van der Waals surface area (Å²) in [5, 5.41) is 6.53. The van der Waals surface area contributed by atoms with Crippen molar-refractivity contribution in [1.29, 1.82) is 0 Å². The molecule has 112 valence electrons. The summed E-state index contributed by atoms with van der Waals surface area (Å²) < 4.78 is 0. The molecule has 1 atom stereocenters. The molecule has 0 aliphatic rings. The Labute approximate surface area is 124 Å². The lowest BCUT2D eigenvalue weighted by molar-refractivity contribution is -0.128. The predicted molar refractivity (Wildman–Crippen MR) is 82.9 cm³/mol. The van der Waals surface area contributed by atoms with Gasteiger partial charge in [-0.25, -0.2) is 0 Å². The maximum Gasteiger partial charge on any atom is 0.242 e. The van der Waals surface area contributed by atoms with Crippen molar-refractivity contribution in [2.45, 2.75) is 32.7 Å². The predicted octanol–water partition coefficient (Wildman–Crippen LogP) is 1.74. The smallest absolute Gasteiger partial charge is 0.242 e. The number of hydrogen-bond acceptors (Lipinski definition) is 2. The maximum atomic E-state index is 12.0. The molecule has 0 fully saturated rings. The van der Waals surface area contributed by atoms with Crippen molar-refractivity contribution in [2.24, 2.45) is 0 Å². The zero-order valence-corrected chi connectivity index (χ0v) is 12.4. The molecule has 5 heteroatoms. The lowest BCUT2D eigenvalue weighted by Gasteiger charge is -2.13. The molecular weight excluding hydrogens is 266 g/mol. The first-order valence-corrected chi connectivity index (χ1v) is 7.24. The van der Waals surface area contributed by atoms with Gasteiger partial charge in [-0.05, 0) is 25.0 Å². The number of amides is 2. The second kappa shape index (κ2) is 6.92. The number of H-pyrrole nitrogens is 1. The minimum atomic E-state index is -0.519. The van der Waals surface area contributed by atoms with Gasteiger partial charge in [-0.15, -0.1) is 0 Å². The molecule has 1 aromatic heterocycles. The first kappa shape index (κ1) is 15.1. The summed E-state index contributed by atoms with van der Waals surface area (Å²) >= 11 is 0. The van der Waals surface area contributed by atoms with Crippen molar-refractivity contribution in [3.63, 3.8) is 0 Å². The Balaban J connectivity index is 1.94. The molecule has 2 rings (SSSR count). The highest BCUT2D eigenvalue weighted by atomic mass is 16.2. The number of hydrogen-bond donors (Lipinski definition) is 3. The third-order valence-electron chi connectivity index (χ3n) is 3.35. The standard InChI is InChI=1S/C16H21N3O2/c1-3-8-17-16(21)11(2)19-15(20)9-12-10-18-14-7-5-4-6-13(12)14/h4-7,10-11,18H,3,8-9H2,1-2H3,(H,17,21)(H,19,20)/t11-/m0/s1. The first-order valence-electron chi connectivity index (χ1n) is 7.24. The van der Waals surface area contributed by atoms with E-state index in [2.05, 4.69) is 15.6 Å². The average Bonchev–Trinajstić information content (AvgIpc) is 2.88. The highest BCUT2D eigenvalue weighted by Crippen LogP contribution is 2.17. The Bertz CT molecular complexity index is 633. The van der Waals surface area contributed by atoms with E-state index in [1.54, 1.807) is 6.92 Å². The number of carbonyl (C=O) groups is 2. The molecule has 0 aliphatic heterocycles. The number of fused-ring (bicyclic) bond motifs is 1. The highest BCUT2D eigenvalue weighted by Gasteiger charge is 2.16. The highest BCUT2D eigenvalue weighted by molar-refractivity contribution is 5.91. The molecule has 0 saturated heterocycles. The fraction of sp³-hybridized carbons (Fsp3) is 0.375. The lowest BCUT2D eigenvalue weighted by Crippen LogP contribution is -2.45. The van der Waals surface area contributed by atoms with E-state index in [9.17, 15) is 9.59 Å². The quantitative estimate of drug-likeness (QED) is 0.757. The zero-order valence-electron chi connectivity index (χ0n) is 12.4. The molecule has 3 N–H and O–H groups in total. The van der Waals surface area contributed by atoms with Gasteiger partial charge in [0, 0.05) is 23.6 Å². The molecule has 0 bridgehead atoms. The van der Waals surface area contributed by atoms with E-state index in [1.807, 2.05) is 37.4 Å². The van der Waals surface area contributed by atoms with E-state index in [-0.39, 0.29) is 18.2 Å². The van der Waals surface area contributed by atoms with E-state index in [1.165, 1.54) is 0 Å². The van der Waals surface area contributed by atoms with Gasteiger partial charge >= 0.3 is 0 Å². The molecule has 21 heavy (non-hydrogen) atoms. The fourth-order valence-electron chi connectivity index (χ4n) is 2.21. The first-order chi connectivity index (χ1) is 10.1. The largest absolute Gasteiger partial charge is 0.361 e. The summed E-state index contributed by atoms with van der Waals surface area (Å²) in [5.74, 6) is -0.303. The third kappa shape index (κ3) is 3.84. The third-order valence-corrected chi connectivity index (χ3v) is 3.35. The van der Waals surface area contributed by atoms with Crippen LogP contribution in [0.25, 0.3) is 10.9 Å². The lowest BCUT2D eigenvalue weighted by atomic mass is 10.1. The Morgan fingerprint density at radius 3 is 2.81 bits per heavy atom. The minimum absolute atomic E-state index is 0.149. The second-order valence-corrected chi connectivity index (χ2v) is 5.12. The molecular formula is C16H21N3O2. The van der Waals surface area contributed by atoms with Crippen LogP contribution in [0.3, 0.4) is 0 Å². The summed E-state index contributed by atoms with van der Waals surface area (Å²) in [4.78, 5) is 26.9. The Hall–Kier alpha value is -2.30. The van der Waals surface area contributed by atoms with Crippen molar-refractivity contribution in [2.75, 3.05) is 6.54 Å². The summed E-state index contributed by atoms with van der Waals surface area (Å²) in [6.45, 7) is 4.31. The van der Waals surface area contributed by atoms with Crippen LogP contribution in [0.2, 0.25) is 0 Å². The number of rotatable bonds is 6. The molecule has 0 radical (unpaired) electrons. The molecule has 5 nitrogen and oxygen atoms in total. The van der Waals surface area contributed by atoms with Gasteiger partial charge in [0.15, 0.2) is 0 Å². The van der Waals surface area contributed by atoms with Crippen LogP contribution >= 0.6 is 0 Å². The molecule has 1 aromatic carbocycles. The van der Waals surface area contributed by atoms with Crippen LogP contribution in [0.5, 0.6) is 0 Å². The number of benzene rings is 1. The van der Waals surface area contributed by atoms with Gasteiger partial charge in [-0.2, -0.15) is 0 Å². The number of para-hydroxylation sites is 1. The van der Waals surface area contributed by atoms with Gasteiger partial charge in [0.1, 0.15) is 6.04 Å². The normalized spacial score (nSPS) is 12.1. The molecule has 2 aromatic rings. The van der Waals surface area contributed by atoms with Gasteiger partial charge in [0.25, 0.3) is 0 Å². The van der Waals surface area contributed by atoms with Crippen LogP contribution in [0.1, 0.15) is 25.8 Å². The van der Waals surface area contributed by atoms with Crippen molar-refractivity contribution < 1.29 is 9.59 Å². The molecule has 0 spiro atoms. The summed E-state index contributed by atoms with van der Waals surface area (Å²) in [5.41, 5.74) is 1.94. The SMILES string of the molecule is CCCNC(=O)[C@H](C)NC(=O)Cc1c[nH]c2ccccc12. The van der Waals surface area contributed by atoms with Gasteiger partial charge in [-0.3, -0.25) is 9.59 Å². The summed E-state index contributed by atoms with van der Waals surface area (Å²) in [6, 6.07) is 7.32. The Morgan fingerprint density at radius 1 is 1.29 bits per heavy atom. The topological polar surface area (TPSA) is 74.0 Å². The molecule has 0 unspecified atom stereocenters. The number of nitrogens with one attached hydrogen (secondary N) is 3. The Kier molecular flexibility index (Phi) is 4.98. The van der Waals surface area contributed by atoms with Crippen molar-refractivity contribution in [3.05, 3.63) is 36.0 Å². The van der Waals surface area contributed by atoms with Crippen LogP contribution in [0.4, 0.5) is 0 Å². The fourth-order valence-corrected chi connectivity index (χ4v) is 2.21. The van der Waals surface area contributed by atoms with Gasteiger partial charge in [0.05, 0.1) is 6.42 Å². The van der Waals surface area contributed by atoms with Crippen LogP contribution in [-0.4, -0.2) is 29.4 Å². The van der Waals surface area contributed by atoms with E-state index in [4.69, 9.17) is 0 Å². The molecule has 2 amide bonds. The van der Waals surface area contributed by atoms with Gasteiger partial charge < -0.3 is 15.6 Å². The number of aromatic nitrogens is 1. The molecule has 0 aliphatic carbocycles. The Morgan fingerprint density at radius 2 is 2.05 bits per heavy atom. The van der Waals surface area contributed by atoms with Gasteiger partial charge in [-0.1, -0.05) is 25.1 Å². The van der Waals surface area contributed by atoms with E-state index in [0.717, 1.165) is 22.9 Å². The molecule has 1 heterocycles. The summed E-state index contributed by atoms with van der Waals surface area (Å²) in [6.07, 6.45) is 2.98. The maximum absolute atomic E-state index is 12.0. The number of carbonyl (C=O) groups excluding carboxylic acids is 2. The average molecular weight is 287 g/mol. The second-order valence-electron chi connectivity index (χ2n) is 5.12. The van der Waals surface area contributed by atoms with Crippen LogP contribution in [-0.2, 0) is 16.0 Å². The zero-order chi connectivity index (χ0) is 15.2. The summed E-state index contributed by atoms with van der Waals surface area (Å²) in [7, 11) is 0. The van der Waals surface area contributed by atoms with Gasteiger partial charge in [0.2, 0.25) is 11.8 Å². The van der Waals surface area contributed by atoms with Crippen molar-refractivity contribution in [1.82, 2.24) is 15.6 Å². The van der Waals surface area contributed by atoms with E-state index in [0.29, 0.717) is 6.54 Å². The molecule has 0 saturated carbocycles. The van der Waals surface area contributed by atoms with E-state index < -0.39 is 6.04 Å². The minimum Gasteiger partial charge on any atom is -0.361 e. The monoisotopic (exact) mass is 287 g/mol.